The Morgan fingerprint density at radius 1 is 1.12 bits per heavy atom. The Hall–Kier alpha value is -3.35. The van der Waals surface area contributed by atoms with E-state index < -0.39 is 23.8 Å². The third-order valence-corrected chi connectivity index (χ3v) is 4.14. The van der Waals surface area contributed by atoms with Gasteiger partial charge in [0.05, 0.1) is 12.5 Å². The number of aliphatic carboxylic acids is 2. The number of aromatic nitrogens is 2. The van der Waals surface area contributed by atoms with E-state index in [1.165, 1.54) is 7.11 Å². The normalized spacial score (nSPS) is 12.2. The number of carbonyl (C=O) groups is 2. The van der Waals surface area contributed by atoms with E-state index >= 15 is 0 Å². The number of pyridine rings is 1. The molecule has 0 spiro atoms. The van der Waals surface area contributed by atoms with Crippen LogP contribution < -0.4 is 4.74 Å². The van der Waals surface area contributed by atoms with Gasteiger partial charge in [0.2, 0.25) is 0 Å². The molecule has 7 heteroatoms. The molecule has 0 aliphatic heterocycles. The van der Waals surface area contributed by atoms with E-state index in [2.05, 4.69) is 9.97 Å². The summed E-state index contributed by atoms with van der Waals surface area (Å²) >= 11 is 0. The molecule has 0 amide bonds. The smallest absolute Gasteiger partial charge is 0.318 e. The Morgan fingerprint density at radius 3 is 2.40 bits per heavy atom. The summed E-state index contributed by atoms with van der Waals surface area (Å²) in [6.07, 6.45) is 3.15. The highest BCUT2D eigenvalue weighted by molar-refractivity contribution is 5.96. The van der Waals surface area contributed by atoms with Crippen molar-refractivity contribution in [2.24, 2.45) is 5.92 Å². The van der Waals surface area contributed by atoms with Gasteiger partial charge in [-0.05, 0) is 17.2 Å². The number of carboxylic acid groups (broad SMARTS) is 2. The largest absolute Gasteiger partial charge is 0.496 e. The first kappa shape index (κ1) is 16.5. The summed E-state index contributed by atoms with van der Waals surface area (Å²) in [4.78, 5) is 30.6. The molecule has 0 aliphatic carbocycles. The third kappa shape index (κ3) is 2.91. The van der Waals surface area contributed by atoms with Gasteiger partial charge in [-0.2, -0.15) is 0 Å². The standard InChI is InChI=1S/C18H16N2O5/c1-25-12-7-8-19-16-14(12)11(9-20-16)13(10-5-3-2-4-6-10)15(17(21)22)18(23)24/h2-9,13,15H,1H3,(H,19,20)(H,21,22)(H,23,24). The van der Waals surface area contributed by atoms with Crippen LogP contribution >= 0.6 is 0 Å². The minimum atomic E-state index is -1.65. The Kier molecular flexibility index (Phi) is 4.38. The fourth-order valence-corrected chi connectivity index (χ4v) is 3.07. The second-order valence-electron chi connectivity index (χ2n) is 5.52. The molecule has 0 saturated heterocycles. The summed E-state index contributed by atoms with van der Waals surface area (Å²) < 4.78 is 5.36. The molecule has 1 atom stereocenters. The molecule has 25 heavy (non-hydrogen) atoms. The van der Waals surface area contributed by atoms with Crippen LogP contribution in [0.1, 0.15) is 17.0 Å². The van der Waals surface area contributed by atoms with Crippen LogP contribution in [0.2, 0.25) is 0 Å². The number of hydrogen-bond donors (Lipinski definition) is 3. The molecule has 0 fully saturated rings. The number of benzene rings is 1. The summed E-state index contributed by atoms with van der Waals surface area (Å²) in [7, 11) is 1.49. The van der Waals surface area contributed by atoms with Crippen LogP contribution in [0, 0.1) is 5.92 Å². The zero-order chi connectivity index (χ0) is 18.0. The maximum atomic E-state index is 11.7. The molecule has 0 radical (unpaired) electrons. The highest BCUT2D eigenvalue weighted by atomic mass is 16.5. The van der Waals surface area contributed by atoms with Gasteiger partial charge in [0.1, 0.15) is 11.4 Å². The van der Waals surface area contributed by atoms with E-state index in [0.29, 0.717) is 27.9 Å². The minimum absolute atomic E-state index is 0.497. The van der Waals surface area contributed by atoms with Gasteiger partial charge in [0, 0.05) is 18.3 Å². The van der Waals surface area contributed by atoms with Gasteiger partial charge in [0.25, 0.3) is 0 Å². The Balaban J connectivity index is 2.29. The number of ether oxygens (including phenoxy) is 1. The van der Waals surface area contributed by atoms with Gasteiger partial charge in [-0.25, -0.2) is 4.98 Å². The van der Waals surface area contributed by atoms with Gasteiger partial charge in [-0.3, -0.25) is 9.59 Å². The Labute approximate surface area is 142 Å². The molecule has 3 aromatic rings. The Morgan fingerprint density at radius 2 is 1.80 bits per heavy atom. The zero-order valence-corrected chi connectivity index (χ0v) is 13.3. The van der Waals surface area contributed by atoms with Crippen molar-refractivity contribution in [1.29, 1.82) is 0 Å². The summed E-state index contributed by atoms with van der Waals surface area (Å²) in [5.41, 5.74) is 1.61. The first-order valence-electron chi connectivity index (χ1n) is 7.55. The molecule has 1 unspecified atom stereocenters. The number of methoxy groups -OCH3 is 1. The van der Waals surface area contributed by atoms with E-state index in [-0.39, 0.29) is 0 Å². The number of H-pyrrole nitrogens is 1. The lowest BCUT2D eigenvalue weighted by molar-refractivity contribution is -0.155. The van der Waals surface area contributed by atoms with Crippen LogP contribution in [0.15, 0.2) is 48.8 Å². The van der Waals surface area contributed by atoms with E-state index in [0.717, 1.165) is 0 Å². The monoisotopic (exact) mass is 340 g/mol. The maximum absolute atomic E-state index is 11.7. The number of hydrogen-bond acceptors (Lipinski definition) is 4. The second kappa shape index (κ2) is 6.64. The number of nitrogens with zero attached hydrogens (tertiary/aromatic N) is 1. The molecule has 7 nitrogen and oxygen atoms in total. The van der Waals surface area contributed by atoms with Crippen molar-refractivity contribution in [3.8, 4) is 5.75 Å². The van der Waals surface area contributed by atoms with E-state index in [1.807, 2.05) is 0 Å². The molecule has 128 valence electrons. The number of nitrogens with one attached hydrogen (secondary N) is 1. The lowest BCUT2D eigenvalue weighted by atomic mass is 9.80. The van der Waals surface area contributed by atoms with Gasteiger partial charge < -0.3 is 19.9 Å². The van der Waals surface area contributed by atoms with Crippen LogP contribution in [-0.2, 0) is 9.59 Å². The first-order chi connectivity index (χ1) is 12.0. The molecule has 2 aromatic heterocycles. The summed E-state index contributed by atoms with van der Waals surface area (Å²) in [5.74, 6) is -4.86. The van der Waals surface area contributed by atoms with Crippen molar-refractivity contribution >= 4 is 23.0 Å². The predicted octanol–water partition coefficient (Wildman–Crippen LogP) is 2.49. The fraction of sp³-hybridized carbons (Fsp3) is 0.167. The van der Waals surface area contributed by atoms with Crippen LogP contribution in [-0.4, -0.2) is 39.2 Å². The van der Waals surface area contributed by atoms with Crippen molar-refractivity contribution in [2.45, 2.75) is 5.92 Å². The summed E-state index contributed by atoms with van der Waals surface area (Å²) in [6, 6.07) is 10.4. The lowest BCUT2D eigenvalue weighted by Gasteiger charge is -2.21. The quantitative estimate of drug-likeness (QED) is 0.594. The van der Waals surface area contributed by atoms with Crippen LogP contribution in [0.5, 0.6) is 5.75 Å². The highest BCUT2D eigenvalue weighted by Crippen LogP contribution is 2.39. The molecule has 0 aliphatic rings. The van der Waals surface area contributed by atoms with Gasteiger partial charge >= 0.3 is 11.9 Å². The lowest BCUT2D eigenvalue weighted by Crippen LogP contribution is -2.30. The predicted molar refractivity (Wildman–Crippen MR) is 89.7 cm³/mol. The average molecular weight is 340 g/mol. The van der Waals surface area contributed by atoms with Crippen LogP contribution in [0.3, 0.4) is 0 Å². The van der Waals surface area contributed by atoms with Crippen LogP contribution in [0.25, 0.3) is 11.0 Å². The van der Waals surface area contributed by atoms with Crippen LogP contribution in [0.4, 0.5) is 0 Å². The minimum Gasteiger partial charge on any atom is -0.496 e. The van der Waals surface area contributed by atoms with Gasteiger partial charge in [-0.1, -0.05) is 30.3 Å². The van der Waals surface area contributed by atoms with E-state index in [1.54, 1.807) is 48.8 Å². The van der Waals surface area contributed by atoms with Gasteiger partial charge in [0.15, 0.2) is 5.92 Å². The maximum Gasteiger partial charge on any atom is 0.318 e. The zero-order valence-electron chi connectivity index (χ0n) is 13.3. The molecule has 3 rings (SSSR count). The SMILES string of the molecule is COc1ccnc2[nH]cc(C(c3ccccc3)C(C(=O)O)C(=O)O)c12. The number of fused-ring (bicyclic) bond motifs is 1. The Bertz CT molecular complexity index is 906. The summed E-state index contributed by atoms with van der Waals surface area (Å²) in [6.45, 7) is 0. The van der Waals surface area contributed by atoms with Gasteiger partial charge in [-0.15, -0.1) is 0 Å². The molecule has 2 heterocycles. The summed E-state index contributed by atoms with van der Waals surface area (Å²) in [5, 5.41) is 19.6. The average Bonchev–Trinajstić information content (AvgIpc) is 3.03. The highest BCUT2D eigenvalue weighted by Gasteiger charge is 2.38. The molecular weight excluding hydrogens is 324 g/mol. The fourth-order valence-electron chi connectivity index (χ4n) is 3.07. The number of rotatable bonds is 6. The second-order valence-corrected chi connectivity index (χ2v) is 5.52. The van der Waals surface area contributed by atoms with Crippen molar-refractivity contribution in [3.63, 3.8) is 0 Å². The number of aromatic amines is 1. The van der Waals surface area contributed by atoms with E-state index in [4.69, 9.17) is 4.74 Å². The van der Waals surface area contributed by atoms with Crippen molar-refractivity contribution < 1.29 is 24.5 Å². The van der Waals surface area contributed by atoms with Crippen molar-refractivity contribution in [1.82, 2.24) is 9.97 Å². The molecule has 3 N–H and O–H groups in total. The molecule has 0 bridgehead atoms. The molecule has 0 saturated carbocycles. The van der Waals surface area contributed by atoms with Crippen molar-refractivity contribution in [3.05, 3.63) is 59.9 Å². The van der Waals surface area contributed by atoms with E-state index in [9.17, 15) is 19.8 Å². The van der Waals surface area contributed by atoms with Crippen molar-refractivity contribution in [2.75, 3.05) is 7.11 Å². The first-order valence-corrected chi connectivity index (χ1v) is 7.55. The third-order valence-electron chi connectivity index (χ3n) is 4.14. The molecular formula is C18H16N2O5. The topological polar surface area (TPSA) is 113 Å². The number of carboxylic acids is 2. The molecule has 1 aromatic carbocycles.